The van der Waals surface area contributed by atoms with Gasteiger partial charge in [-0.1, -0.05) is 104 Å². The van der Waals surface area contributed by atoms with E-state index in [4.69, 9.17) is 14.7 Å². The molecule has 1 unspecified atom stereocenters. The number of methoxy groups -OCH3 is 1. The lowest BCUT2D eigenvalue weighted by atomic mass is 10.1. The minimum atomic E-state index is 0.351. The molecule has 0 spiro atoms. The molecule has 0 saturated carbocycles. The molecule has 1 heterocycles. The van der Waals surface area contributed by atoms with E-state index in [0.29, 0.717) is 9.98 Å². The van der Waals surface area contributed by atoms with Crippen molar-refractivity contribution in [3.8, 4) is 5.75 Å². The van der Waals surface area contributed by atoms with Gasteiger partial charge in [0.05, 0.1) is 7.11 Å². The van der Waals surface area contributed by atoms with Crippen LogP contribution in [0, 0.1) is 0 Å². The Balaban J connectivity index is 2.00. The average molecular weight is 674 g/mol. The van der Waals surface area contributed by atoms with Crippen molar-refractivity contribution in [2.45, 2.75) is 39.7 Å². The second-order valence-corrected chi connectivity index (χ2v) is 12.6. The number of alkyl halides is 1. The van der Waals surface area contributed by atoms with Crippen molar-refractivity contribution in [2.24, 2.45) is 0 Å². The fourth-order valence-electron chi connectivity index (χ4n) is 3.32. The Hall–Kier alpha value is -2.26. The first-order chi connectivity index (χ1) is 18.4. The van der Waals surface area contributed by atoms with Crippen LogP contribution < -0.4 is 10.1 Å². The highest BCUT2D eigenvalue weighted by atomic mass is 79.9. The van der Waals surface area contributed by atoms with Crippen molar-refractivity contribution in [1.82, 2.24) is 9.97 Å². The Kier molecular flexibility index (Phi) is 12.7. The van der Waals surface area contributed by atoms with Crippen LogP contribution in [-0.2, 0) is 0 Å². The normalized spacial score (nSPS) is 12.7. The zero-order valence-corrected chi connectivity index (χ0v) is 26.5. The first kappa shape index (κ1) is 30.3. The summed E-state index contributed by atoms with van der Waals surface area (Å²) in [5, 5.41) is 4.85. The molecule has 38 heavy (non-hydrogen) atoms. The monoisotopic (exact) mass is 671 g/mol. The maximum atomic E-state index is 5.29. The van der Waals surface area contributed by atoms with E-state index in [2.05, 4.69) is 93.2 Å². The van der Waals surface area contributed by atoms with Gasteiger partial charge in [-0.05, 0) is 66.6 Å². The lowest BCUT2D eigenvalue weighted by Crippen LogP contribution is -2.02. The molecule has 0 radical (unpaired) electrons. The standard InChI is InChI=1S/C30H31Br2N3OS2/c1-5-9-25(12-7-6-10-21(2)31)38-30-34-28(33-3)27(19-16-22-14-17-24(36-4)18-15-22)29(35-30)37-26-13-8-11-23(32)20-26/h5-6,8,10-21H,1,7,9H2,2-4H3,(H,33,34,35)/b10-6?,19-16+,25-12+. The molecule has 198 valence electrons. The van der Waals surface area contributed by atoms with Gasteiger partial charge in [0.2, 0.25) is 0 Å². The number of hydrogen-bond acceptors (Lipinski definition) is 6. The number of nitrogens with zero attached hydrogens (tertiary/aromatic N) is 2. The third-order valence-corrected chi connectivity index (χ3v) is 7.90. The van der Waals surface area contributed by atoms with E-state index in [1.165, 1.54) is 0 Å². The third-order valence-electron chi connectivity index (χ3n) is 5.15. The number of nitrogens with one attached hydrogen (secondary N) is 1. The number of rotatable bonds is 13. The Morgan fingerprint density at radius 1 is 1.16 bits per heavy atom. The summed E-state index contributed by atoms with van der Waals surface area (Å²) in [7, 11) is 3.56. The molecule has 0 aliphatic rings. The fraction of sp³-hybridized carbons (Fsp3) is 0.200. The summed E-state index contributed by atoms with van der Waals surface area (Å²) in [6.45, 7) is 6.03. The largest absolute Gasteiger partial charge is 0.497 e. The van der Waals surface area contributed by atoms with Gasteiger partial charge in [-0.2, -0.15) is 0 Å². The molecule has 8 heteroatoms. The second kappa shape index (κ2) is 16.0. The molecule has 1 atom stereocenters. The van der Waals surface area contributed by atoms with Crippen LogP contribution in [0.15, 0.2) is 104 Å². The summed E-state index contributed by atoms with van der Waals surface area (Å²) in [6.07, 6.45) is 14.1. The van der Waals surface area contributed by atoms with Crippen LogP contribution in [0.5, 0.6) is 5.75 Å². The van der Waals surface area contributed by atoms with E-state index < -0.39 is 0 Å². The Morgan fingerprint density at radius 2 is 1.95 bits per heavy atom. The quantitative estimate of drug-likeness (QED) is 0.0641. The van der Waals surface area contributed by atoms with Gasteiger partial charge in [-0.25, -0.2) is 9.97 Å². The number of hydrogen-bond donors (Lipinski definition) is 1. The lowest BCUT2D eigenvalue weighted by Gasteiger charge is -2.13. The Labute approximate surface area is 251 Å². The SMILES string of the molecule is C=CC/C(=C\CC=CC(C)Br)Sc1nc(NC)c(/C=C/c2ccc(OC)cc2)c(Sc2cccc(Br)c2)n1. The molecule has 3 aromatic rings. The number of aromatic nitrogens is 2. The molecule has 0 amide bonds. The number of benzene rings is 2. The molecule has 3 rings (SSSR count). The minimum Gasteiger partial charge on any atom is -0.497 e. The Bertz CT molecular complexity index is 1310. The summed E-state index contributed by atoms with van der Waals surface area (Å²) in [5.41, 5.74) is 1.99. The van der Waals surface area contributed by atoms with E-state index >= 15 is 0 Å². The van der Waals surface area contributed by atoms with Crippen LogP contribution in [0.2, 0.25) is 0 Å². The molecule has 0 saturated heterocycles. The molecule has 2 aromatic carbocycles. The summed E-state index contributed by atoms with van der Waals surface area (Å²) in [4.78, 5) is 12.5. The summed E-state index contributed by atoms with van der Waals surface area (Å²) in [6, 6.07) is 16.2. The van der Waals surface area contributed by atoms with E-state index in [1.807, 2.05) is 49.5 Å². The molecule has 0 bridgehead atoms. The summed E-state index contributed by atoms with van der Waals surface area (Å²) >= 11 is 10.3. The van der Waals surface area contributed by atoms with Gasteiger partial charge in [0.15, 0.2) is 5.16 Å². The molecule has 4 nitrogen and oxygen atoms in total. The molecule has 0 aliphatic heterocycles. The average Bonchev–Trinajstić information content (AvgIpc) is 2.90. The van der Waals surface area contributed by atoms with Crippen LogP contribution in [-0.4, -0.2) is 29.0 Å². The van der Waals surface area contributed by atoms with Crippen LogP contribution in [0.25, 0.3) is 12.2 Å². The van der Waals surface area contributed by atoms with Gasteiger partial charge < -0.3 is 10.1 Å². The molecule has 0 fully saturated rings. The zero-order valence-electron chi connectivity index (χ0n) is 21.7. The highest BCUT2D eigenvalue weighted by Gasteiger charge is 2.15. The number of halogens is 2. The van der Waals surface area contributed by atoms with Gasteiger partial charge in [-0.15, -0.1) is 6.58 Å². The number of ether oxygens (including phenoxy) is 1. The van der Waals surface area contributed by atoms with Crippen LogP contribution in [0.4, 0.5) is 5.82 Å². The Morgan fingerprint density at radius 3 is 2.61 bits per heavy atom. The summed E-state index contributed by atoms with van der Waals surface area (Å²) in [5.74, 6) is 1.60. The molecule has 0 aliphatic carbocycles. The van der Waals surface area contributed by atoms with E-state index in [0.717, 1.165) is 54.8 Å². The van der Waals surface area contributed by atoms with E-state index in [-0.39, 0.29) is 0 Å². The molecular formula is C30H31Br2N3OS2. The maximum Gasteiger partial charge on any atom is 0.195 e. The highest BCUT2D eigenvalue weighted by Crippen LogP contribution is 2.37. The third kappa shape index (κ3) is 9.80. The van der Waals surface area contributed by atoms with Crippen molar-refractivity contribution in [3.05, 3.63) is 99.9 Å². The topological polar surface area (TPSA) is 47.0 Å². The number of allylic oxidation sites excluding steroid dienone is 5. The second-order valence-electron chi connectivity index (χ2n) is 8.10. The van der Waals surface area contributed by atoms with Gasteiger partial charge in [0, 0.05) is 26.8 Å². The van der Waals surface area contributed by atoms with Crippen LogP contribution >= 0.6 is 55.4 Å². The van der Waals surface area contributed by atoms with E-state index in [9.17, 15) is 0 Å². The van der Waals surface area contributed by atoms with Gasteiger partial charge >= 0.3 is 0 Å². The summed E-state index contributed by atoms with van der Waals surface area (Å²) < 4.78 is 6.31. The molecule has 1 aromatic heterocycles. The zero-order chi connectivity index (χ0) is 27.3. The van der Waals surface area contributed by atoms with Gasteiger partial charge in [0.1, 0.15) is 16.6 Å². The van der Waals surface area contributed by atoms with Crippen molar-refractivity contribution in [3.63, 3.8) is 0 Å². The van der Waals surface area contributed by atoms with Gasteiger partial charge in [-0.3, -0.25) is 0 Å². The van der Waals surface area contributed by atoms with Gasteiger partial charge in [0.25, 0.3) is 0 Å². The van der Waals surface area contributed by atoms with Crippen molar-refractivity contribution in [2.75, 3.05) is 19.5 Å². The van der Waals surface area contributed by atoms with Crippen molar-refractivity contribution in [1.29, 1.82) is 0 Å². The first-order valence-electron chi connectivity index (χ1n) is 12.1. The van der Waals surface area contributed by atoms with Crippen molar-refractivity contribution >= 4 is 73.4 Å². The van der Waals surface area contributed by atoms with Crippen LogP contribution in [0.1, 0.15) is 30.9 Å². The predicted octanol–water partition coefficient (Wildman–Crippen LogP) is 9.89. The predicted molar refractivity (Wildman–Crippen MR) is 173 cm³/mol. The lowest BCUT2D eigenvalue weighted by molar-refractivity contribution is 0.415. The van der Waals surface area contributed by atoms with Crippen LogP contribution in [0.3, 0.4) is 0 Å². The molecule has 1 N–H and O–H groups in total. The number of anilines is 1. The van der Waals surface area contributed by atoms with E-state index in [1.54, 1.807) is 30.6 Å². The molecular weight excluding hydrogens is 642 g/mol. The smallest absolute Gasteiger partial charge is 0.195 e. The fourth-order valence-corrected chi connectivity index (χ4v) is 6.00. The minimum absolute atomic E-state index is 0.351. The maximum absolute atomic E-state index is 5.29. The number of thioether (sulfide) groups is 1. The van der Waals surface area contributed by atoms with Crippen molar-refractivity contribution < 1.29 is 4.74 Å². The highest BCUT2D eigenvalue weighted by molar-refractivity contribution is 9.10. The first-order valence-corrected chi connectivity index (χ1v) is 15.4.